The van der Waals surface area contributed by atoms with Crippen LogP contribution in [0.1, 0.15) is 103 Å². The first-order valence-electron chi connectivity index (χ1n) is 49.6. The Bertz CT molecular complexity index is 5600. The molecule has 28 heteroatoms. The van der Waals surface area contributed by atoms with Crippen LogP contribution in [0.4, 0.5) is 0 Å². The minimum absolute atomic E-state index is 0.00718. The van der Waals surface area contributed by atoms with Crippen LogP contribution in [-0.4, -0.2) is 197 Å². The van der Waals surface area contributed by atoms with E-state index in [9.17, 15) is 19.2 Å². The summed E-state index contributed by atoms with van der Waals surface area (Å²) in [4.78, 5) is 58.2. The highest BCUT2D eigenvalue weighted by molar-refractivity contribution is 7.99. The van der Waals surface area contributed by atoms with Gasteiger partial charge in [0.25, 0.3) is 0 Å². The molecular weight excluding hydrogens is 1870 g/mol. The number of thioether (sulfide) groups is 1. The Balaban J connectivity index is 0.826. The molecule has 25 atom stereocenters. The monoisotopic (exact) mass is 2000 g/mol. The van der Waals surface area contributed by atoms with E-state index in [0.717, 1.165) is 61.2 Å². The second-order valence-electron chi connectivity index (χ2n) is 36.7. The highest BCUT2D eigenvalue weighted by Crippen LogP contribution is 2.45. The molecule has 5 fully saturated rings. The van der Waals surface area contributed by atoms with Crippen LogP contribution in [0.25, 0.3) is 0 Å². The van der Waals surface area contributed by atoms with Gasteiger partial charge in [0, 0.05) is 45.3 Å². The van der Waals surface area contributed by atoms with Crippen LogP contribution < -0.4 is 0 Å². The maximum atomic E-state index is 14.9. The topological polar surface area (TPSA) is 281 Å². The zero-order chi connectivity index (χ0) is 100. The first-order valence-corrected chi connectivity index (χ1v) is 50.7. The average molecular weight is 2000 g/mol. The van der Waals surface area contributed by atoms with E-state index in [-0.39, 0.29) is 98.4 Å². The minimum Gasteiger partial charge on any atom is -0.457 e. The van der Waals surface area contributed by atoms with E-state index in [0.29, 0.717) is 5.75 Å². The molecule has 11 aromatic rings. The van der Waals surface area contributed by atoms with Crippen LogP contribution in [0, 0.1) is 11.8 Å². The molecule has 11 aromatic carbocycles. The van der Waals surface area contributed by atoms with Gasteiger partial charge in [-0.05, 0) is 61.2 Å². The van der Waals surface area contributed by atoms with Crippen molar-refractivity contribution in [2.45, 2.75) is 254 Å². The molecule has 145 heavy (non-hydrogen) atoms. The van der Waals surface area contributed by atoms with E-state index < -0.39 is 177 Å². The molecule has 5 aliphatic heterocycles. The Kier molecular flexibility index (Phi) is 40.9. The fourth-order valence-electron chi connectivity index (χ4n) is 18.6. The average Bonchev–Trinajstić information content (AvgIpc) is 0.765. The first kappa shape index (κ1) is 107. The van der Waals surface area contributed by atoms with Crippen LogP contribution in [0.3, 0.4) is 0 Å². The third kappa shape index (κ3) is 31.5. The second-order valence-corrected chi connectivity index (χ2v) is 37.8. The summed E-state index contributed by atoms with van der Waals surface area (Å²) < 4.78 is 164. The molecule has 0 amide bonds. The van der Waals surface area contributed by atoms with Gasteiger partial charge in [0.1, 0.15) is 78.7 Å². The molecular formula is C117H130O27S. The Morgan fingerprint density at radius 1 is 0.214 bits per heavy atom. The van der Waals surface area contributed by atoms with Crippen molar-refractivity contribution in [2.24, 2.45) is 11.8 Å². The zero-order valence-corrected chi connectivity index (χ0v) is 83.2. The Labute approximate surface area is 852 Å². The van der Waals surface area contributed by atoms with Crippen LogP contribution in [-0.2, 0) is 200 Å². The first-order chi connectivity index (χ1) is 71.0. The molecule has 16 rings (SSSR count). The SMILES string of the molecule is CC(=O)OC1C(COC2OC(COCc3ccccc3)C(OCc3ccccc3)C(OCc3ccccc3)C2OC(C)=O)OC(OC2C(COCc3ccccc3)OC(OC3C(COCc4ccccc4)OC(SCc4ccccc4)C(C)C3OCc3ccccc3)C(C)C2OCc2ccccc2)C(OC(C)=O)C1OC1OC(COCc2ccccc2)C(OCc2ccccc2)C(OCc2ccccc2)C1OC(C)=O. The number of carbonyl (C=O) groups excluding carboxylic acids is 4. The van der Waals surface area contributed by atoms with Gasteiger partial charge in [-0.15, -0.1) is 11.8 Å². The van der Waals surface area contributed by atoms with Crippen molar-refractivity contribution in [1.29, 1.82) is 0 Å². The third-order valence-electron chi connectivity index (χ3n) is 25.7. The lowest BCUT2D eigenvalue weighted by Gasteiger charge is -2.52. The molecule has 0 radical (unpaired) electrons. The molecule has 0 saturated carbocycles. The molecule has 5 heterocycles. The van der Waals surface area contributed by atoms with Gasteiger partial charge in [-0.2, -0.15) is 0 Å². The minimum atomic E-state index is -1.90. The molecule has 5 saturated heterocycles. The van der Waals surface area contributed by atoms with Gasteiger partial charge in [0.2, 0.25) is 0 Å². The van der Waals surface area contributed by atoms with Gasteiger partial charge in [-0.1, -0.05) is 347 Å². The smallest absolute Gasteiger partial charge is 0.303 e. The molecule has 0 N–H and O–H groups in total. The van der Waals surface area contributed by atoms with Crippen molar-refractivity contribution in [1.82, 2.24) is 0 Å². The van der Waals surface area contributed by atoms with E-state index in [1.54, 1.807) is 11.8 Å². The van der Waals surface area contributed by atoms with E-state index in [1.807, 2.05) is 328 Å². The predicted octanol–water partition coefficient (Wildman–Crippen LogP) is 18.1. The summed E-state index contributed by atoms with van der Waals surface area (Å²) >= 11 is 1.67. The lowest BCUT2D eigenvalue weighted by molar-refractivity contribution is -0.391. The molecule has 5 aliphatic rings. The second kappa shape index (κ2) is 55.6. The summed E-state index contributed by atoms with van der Waals surface area (Å²) in [6.45, 7) is 8.64. The van der Waals surface area contributed by atoms with Crippen LogP contribution >= 0.6 is 11.8 Å². The van der Waals surface area contributed by atoms with Gasteiger partial charge in [0.05, 0.1) is 111 Å². The largest absolute Gasteiger partial charge is 0.457 e. The standard InChI is InChI=1S/C117H130O27S/c1-78-100(126-66-88-48-26-11-27-49-88)104(97(74-124-64-86-44-22-9-23-45-86)137-113(78)142-105-98(75-125-65-87-46-24-10-25-47-87)141-117(145-77-94-60-38-17-39-61-94)79(2)101(105)127-67-89-50-28-12-29-51-89)143-116-112(136-83(6)121)109(144-115-111(135-82(5)120)108(131-71-93-58-36-16-37-59-93)103(129-69-91-54-32-14-33-55-91)96(139-115)73-123-63-85-42-20-8-21-43-85)106(133-80(3)118)99(140-116)76-132-114-110(134-81(4)119)107(130-70-92-56-34-15-35-57-92)102(128-68-90-52-30-13-31-53-90)95(138-114)72-122-62-84-40-18-7-19-41-84/h7-61,78-79,95-117H,62-77H2,1-6H3. The maximum Gasteiger partial charge on any atom is 0.303 e. The van der Waals surface area contributed by atoms with Gasteiger partial charge in [0.15, 0.2) is 49.6 Å². The summed E-state index contributed by atoms with van der Waals surface area (Å²) in [5.74, 6) is -3.82. The zero-order valence-electron chi connectivity index (χ0n) is 82.4. The maximum absolute atomic E-state index is 14.9. The lowest BCUT2D eigenvalue weighted by Crippen LogP contribution is -2.68. The number of carbonyl (C=O) groups is 4. The number of benzene rings is 11. The molecule has 27 nitrogen and oxygen atoms in total. The molecule has 766 valence electrons. The van der Waals surface area contributed by atoms with Gasteiger partial charge in [-0.25, -0.2) is 0 Å². The highest BCUT2D eigenvalue weighted by Gasteiger charge is 2.61. The number of ether oxygens (including phenoxy) is 23. The summed E-state index contributed by atoms with van der Waals surface area (Å²) in [5, 5.41) is 0. The van der Waals surface area contributed by atoms with E-state index in [2.05, 4.69) is 19.1 Å². The van der Waals surface area contributed by atoms with Crippen molar-refractivity contribution in [3.63, 3.8) is 0 Å². The molecule has 25 unspecified atom stereocenters. The Hall–Kier alpha value is -11.1. The fourth-order valence-corrected chi connectivity index (χ4v) is 19.8. The molecule has 0 aliphatic carbocycles. The quantitative estimate of drug-likeness (QED) is 0.0253. The number of rotatable bonds is 50. The van der Waals surface area contributed by atoms with Gasteiger partial charge >= 0.3 is 23.9 Å². The Morgan fingerprint density at radius 2 is 0.441 bits per heavy atom. The van der Waals surface area contributed by atoms with E-state index in [1.165, 1.54) is 27.7 Å². The third-order valence-corrected chi connectivity index (χ3v) is 27.1. The Morgan fingerprint density at radius 3 is 0.766 bits per heavy atom. The van der Waals surface area contributed by atoms with E-state index in [4.69, 9.17) is 109 Å². The molecule has 0 aromatic heterocycles. The van der Waals surface area contributed by atoms with Crippen molar-refractivity contribution >= 4 is 35.6 Å². The summed E-state index contributed by atoms with van der Waals surface area (Å²) in [6.07, 6.45) is -29.6. The van der Waals surface area contributed by atoms with Gasteiger partial charge in [-0.3, -0.25) is 19.2 Å². The summed E-state index contributed by atoms with van der Waals surface area (Å²) in [6, 6.07) is 107. The predicted molar refractivity (Wildman–Crippen MR) is 537 cm³/mol. The number of esters is 4. The van der Waals surface area contributed by atoms with Crippen LogP contribution in [0.5, 0.6) is 0 Å². The van der Waals surface area contributed by atoms with Crippen molar-refractivity contribution < 1.29 is 128 Å². The van der Waals surface area contributed by atoms with E-state index >= 15 is 0 Å². The lowest BCUT2D eigenvalue weighted by atomic mass is 9.90. The normalized spacial score (nSPS) is 27.3. The van der Waals surface area contributed by atoms with Crippen molar-refractivity contribution in [3.05, 3.63) is 395 Å². The number of hydrogen-bond acceptors (Lipinski definition) is 28. The van der Waals surface area contributed by atoms with Gasteiger partial charge < -0.3 is 109 Å². The van der Waals surface area contributed by atoms with Crippen molar-refractivity contribution in [2.75, 3.05) is 33.0 Å². The van der Waals surface area contributed by atoms with Crippen LogP contribution in [0.2, 0.25) is 0 Å². The fraction of sp³-hybridized carbons (Fsp3) is 0.402. The van der Waals surface area contributed by atoms with Crippen LogP contribution in [0.15, 0.2) is 334 Å². The molecule has 0 bridgehead atoms. The highest BCUT2D eigenvalue weighted by atomic mass is 32.2. The summed E-state index contributed by atoms with van der Waals surface area (Å²) in [5.41, 5.74) is 9.05. The van der Waals surface area contributed by atoms with Crippen molar-refractivity contribution in [3.8, 4) is 0 Å². The number of hydrogen-bond donors (Lipinski definition) is 0. The summed E-state index contributed by atoms with van der Waals surface area (Å²) in [7, 11) is 0. The molecule has 0 spiro atoms.